The molecule has 0 fully saturated rings. The number of methoxy groups -OCH3 is 1. The van der Waals surface area contributed by atoms with Gasteiger partial charge in [0.25, 0.3) is 15.9 Å². The molecule has 178 valence electrons. The lowest BCUT2D eigenvalue weighted by Crippen LogP contribution is -2.35. The van der Waals surface area contributed by atoms with Crippen molar-refractivity contribution in [3.8, 4) is 11.5 Å². The van der Waals surface area contributed by atoms with Gasteiger partial charge in [-0.3, -0.25) is 4.79 Å². The molecular weight excluding hydrogens is 474 g/mol. The Bertz CT molecular complexity index is 1240. The van der Waals surface area contributed by atoms with Gasteiger partial charge in [-0.25, -0.2) is 8.42 Å². The van der Waals surface area contributed by atoms with Crippen LogP contribution in [0.5, 0.6) is 11.5 Å². The smallest absolute Gasteiger partial charge is 0.271 e. The Hall–Kier alpha value is -3.29. The van der Waals surface area contributed by atoms with E-state index in [-0.39, 0.29) is 15.6 Å². The van der Waals surface area contributed by atoms with Gasteiger partial charge in [0.1, 0.15) is 11.5 Å². The number of carbonyl (C=O) groups is 1. The van der Waals surface area contributed by atoms with E-state index in [1.54, 1.807) is 36.4 Å². The van der Waals surface area contributed by atoms with Crippen LogP contribution in [-0.2, 0) is 14.8 Å². The number of hydrogen-bond donors (Lipinski definition) is 0. The highest BCUT2D eigenvalue weighted by Gasteiger charge is 2.30. The van der Waals surface area contributed by atoms with Gasteiger partial charge in [-0.05, 0) is 60.5 Å². The Kier molecular flexibility index (Phi) is 8.73. The Morgan fingerprint density at radius 1 is 1.03 bits per heavy atom. The summed E-state index contributed by atoms with van der Waals surface area (Å²) in [5.41, 5.74) is 0.824. The second kappa shape index (κ2) is 11.7. The lowest BCUT2D eigenvalue weighted by atomic mass is 10.2. The molecule has 3 aromatic carbocycles. The third-order valence-corrected chi connectivity index (χ3v) is 6.95. The number of unbranched alkanes of at least 4 members (excludes halogenated alkanes) is 1. The summed E-state index contributed by atoms with van der Waals surface area (Å²) in [6, 6.07) is 19.3. The number of amides is 1. The second-order valence-electron chi connectivity index (χ2n) is 7.34. The summed E-state index contributed by atoms with van der Waals surface area (Å²) in [5, 5.41) is 0.184. The van der Waals surface area contributed by atoms with E-state index < -0.39 is 15.9 Å². The highest BCUT2D eigenvalue weighted by Crippen LogP contribution is 2.32. The van der Waals surface area contributed by atoms with Crippen LogP contribution in [0.1, 0.15) is 25.3 Å². The van der Waals surface area contributed by atoms with Crippen LogP contribution in [0.15, 0.2) is 83.8 Å². The molecule has 0 aromatic heterocycles. The van der Waals surface area contributed by atoms with E-state index in [1.165, 1.54) is 43.5 Å². The van der Waals surface area contributed by atoms with E-state index in [0.717, 1.165) is 28.5 Å². The van der Waals surface area contributed by atoms with Gasteiger partial charge >= 0.3 is 0 Å². The largest absolute Gasteiger partial charge is 0.495 e. The van der Waals surface area contributed by atoms with Crippen LogP contribution in [0.2, 0.25) is 5.02 Å². The van der Waals surface area contributed by atoms with Gasteiger partial charge in [-0.1, -0.05) is 55.3 Å². The number of ether oxygens (including phenoxy) is 2. The normalized spacial score (nSPS) is 11.4. The van der Waals surface area contributed by atoms with Gasteiger partial charge in [0.2, 0.25) is 0 Å². The highest BCUT2D eigenvalue weighted by molar-refractivity contribution is 7.93. The van der Waals surface area contributed by atoms with Crippen molar-refractivity contribution in [1.82, 2.24) is 0 Å². The van der Waals surface area contributed by atoms with Gasteiger partial charge in [0, 0.05) is 6.08 Å². The lowest BCUT2D eigenvalue weighted by Gasteiger charge is -2.22. The second-order valence-corrected chi connectivity index (χ2v) is 9.54. The van der Waals surface area contributed by atoms with E-state index in [1.807, 2.05) is 12.1 Å². The minimum Gasteiger partial charge on any atom is -0.495 e. The standard InChI is InChI=1S/C26H26ClNO5S/c1-3-4-18-33-22-14-10-20(11-15-22)12-17-26(29)28(21-13-16-25(32-2)24(27)19-21)34(30,31)23-8-6-5-7-9-23/h5-17,19H,3-4,18H2,1-2H3/b17-12+. The fourth-order valence-corrected chi connectivity index (χ4v) is 4.76. The van der Waals surface area contributed by atoms with E-state index in [4.69, 9.17) is 21.1 Å². The first-order valence-electron chi connectivity index (χ1n) is 10.8. The lowest BCUT2D eigenvalue weighted by molar-refractivity contribution is -0.113. The summed E-state index contributed by atoms with van der Waals surface area (Å²) in [5.74, 6) is 0.359. The van der Waals surface area contributed by atoms with Crippen LogP contribution in [0.3, 0.4) is 0 Å². The van der Waals surface area contributed by atoms with Gasteiger partial charge < -0.3 is 9.47 Å². The Balaban J connectivity index is 1.92. The van der Waals surface area contributed by atoms with Crippen LogP contribution in [0, 0.1) is 0 Å². The highest BCUT2D eigenvalue weighted by atomic mass is 35.5. The van der Waals surface area contributed by atoms with Crippen LogP contribution in [-0.4, -0.2) is 28.0 Å². The molecule has 0 aliphatic carbocycles. The quantitative estimate of drug-likeness (QED) is 0.254. The fourth-order valence-electron chi connectivity index (χ4n) is 3.11. The summed E-state index contributed by atoms with van der Waals surface area (Å²) in [7, 11) is -2.75. The molecule has 3 rings (SSSR count). The molecule has 1 amide bonds. The van der Waals surface area contributed by atoms with Crippen LogP contribution in [0.25, 0.3) is 6.08 Å². The molecule has 0 saturated heterocycles. The summed E-state index contributed by atoms with van der Waals surface area (Å²) < 4.78 is 38.3. The third-order valence-electron chi connectivity index (χ3n) is 4.92. The number of benzene rings is 3. The molecular formula is C26H26ClNO5S. The van der Waals surface area contributed by atoms with E-state index in [0.29, 0.717) is 12.4 Å². The number of halogens is 1. The zero-order chi connectivity index (χ0) is 24.6. The summed E-state index contributed by atoms with van der Waals surface area (Å²) in [4.78, 5) is 13.2. The molecule has 0 atom stereocenters. The number of nitrogens with zero attached hydrogens (tertiary/aromatic N) is 1. The average molecular weight is 500 g/mol. The fraction of sp³-hybridized carbons (Fsp3) is 0.192. The first kappa shape index (κ1) is 25.3. The zero-order valence-corrected chi connectivity index (χ0v) is 20.6. The van der Waals surface area contributed by atoms with E-state index in [2.05, 4.69) is 6.92 Å². The van der Waals surface area contributed by atoms with Gasteiger partial charge in [0.05, 0.1) is 29.3 Å². The van der Waals surface area contributed by atoms with Crippen LogP contribution in [0.4, 0.5) is 5.69 Å². The van der Waals surface area contributed by atoms with Crippen molar-refractivity contribution < 1.29 is 22.7 Å². The van der Waals surface area contributed by atoms with Crippen molar-refractivity contribution in [2.45, 2.75) is 24.7 Å². The maximum Gasteiger partial charge on any atom is 0.271 e. The molecule has 0 bridgehead atoms. The molecule has 0 unspecified atom stereocenters. The first-order valence-corrected chi connectivity index (χ1v) is 12.6. The molecule has 0 spiro atoms. The topological polar surface area (TPSA) is 72.9 Å². The minimum atomic E-state index is -4.20. The number of sulfonamides is 1. The minimum absolute atomic E-state index is 0.0164. The molecule has 0 aliphatic rings. The van der Waals surface area contributed by atoms with Crippen LogP contribution >= 0.6 is 11.6 Å². The Morgan fingerprint density at radius 2 is 1.74 bits per heavy atom. The van der Waals surface area contributed by atoms with Crippen molar-refractivity contribution >= 4 is 39.3 Å². The van der Waals surface area contributed by atoms with Gasteiger partial charge in [0.15, 0.2) is 0 Å². The number of rotatable bonds is 10. The summed E-state index contributed by atoms with van der Waals surface area (Å²) >= 11 is 6.22. The molecule has 8 heteroatoms. The van der Waals surface area contributed by atoms with Crippen molar-refractivity contribution in [1.29, 1.82) is 0 Å². The zero-order valence-electron chi connectivity index (χ0n) is 19.0. The van der Waals surface area contributed by atoms with Gasteiger partial charge in [-0.2, -0.15) is 4.31 Å². The molecule has 0 N–H and O–H groups in total. The van der Waals surface area contributed by atoms with Gasteiger partial charge in [-0.15, -0.1) is 0 Å². The number of hydrogen-bond acceptors (Lipinski definition) is 5. The van der Waals surface area contributed by atoms with Crippen LogP contribution < -0.4 is 13.8 Å². The molecule has 6 nitrogen and oxygen atoms in total. The van der Waals surface area contributed by atoms with E-state index in [9.17, 15) is 13.2 Å². The summed E-state index contributed by atoms with van der Waals surface area (Å²) in [6.45, 7) is 2.73. The Labute approximate surface area is 205 Å². The molecule has 3 aromatic rings. The third kappa shape index (κ3) is 6.18. The molecule has 0 aliphatic heterocycles. The predicted molar refractivity (Wildman–Crippen MR) is 135 cm³/mol. The van der Waals surface area contributed by atoms with Crippen molar-refractivity contribution in [2.75, 3.05) is 18.0 Å². The average Bonchev–Trinajstić information content (AvgIpc) is 2.84. The molecule has 0 radical (unpaired) electrons. The van der Waals surface area contributed by atoms with Crippen molar-refractivity contribution in [3.63, 3.8) is 0 Å². The van der Waals surface area contributed by atoms with Crippen molar-refractivity contribution in [2.24, 2.45) is 0 Å². The molecule has 0 heterocycles. The number of anilines is 1. The first-order chi connectivity index (χ1) is 16.4. The predicted octanol–water partition coefficient (Wildman–Crippen LogP) is 5.96. The number of carbonyl (C=O) groups excluding carboxylic acids is 1. The maximum absolute atomic E-state index is 13.4. The molecule has 34 heavy (non-hydrogen) atoms. The SMILES string of the molecule is CCCCOc1ccc(/C=C/C(=O)N(c2ccc(OC)c(Cl)c2)S(=O)(=O)c2ccccc2)cc1. The monoisotopic (exact) mass is 499 g/mol. The summed E-state index contributed by atoms with van der Waals surface area (Å²) in [6.07, 6.45) is 4.78. The Morgan fingerprint density at radius 3 is 2.35 bits per heavy atom. The van der Waals surface area contributed by atoms with E-state index >= 15 is 0 Å². The molecule has 0 saturated carbocycles. The van der Waals surface area contributed by atoms with Crippen molar-refractivity contribution in [3.05, 3.63) is 89.5 Å². The maximum atomic E-state index is 13.4.